The summed E-state index contributed by atoms with van der Waals surface area (Å²) in [5.74, 6) is 0.858. The zero-order chi connectivity index (χ0) is 11.4. The van der Waals surface area contributed by atoms with Gasteiger partial charge in [-0.2, -0.15) is 5.26 Å². The lowest BCUT2D eigenvalue weighted by Gasteiger charge is -2.15. The molecule has 82 valence electrons. The molecule has 1 atom stereocenters. The fourth-order valence-corrected chi connectivity index (χ4v) is 1.63. The third-order valence-corrected chi connectivity index (χ3v) is 2.57. The first kappa shape index (κ1) is 10.5. The summed E-state index contributed by atoms with van der Waals surface area (Å²) in [6.45, 7) is 3.81. The molecule has 0 spiro atoms. The lowest BCUT2D eigenvalue weighted by atomic mass is 10.1. The smallest absolute Gasteiger partial charge is 0.191 e. The van der Waals surface area contributed by atoms with Crippen LogP contribution in [0.5, 0.6) is 0 Å². The molecule has 1 aromatic carbocycles. The summed E-state index contributed by atoms with van der Waals surface area (Å²) >= 11 is 0. The van der Waals surface area contributed by atoms with E-state index in [9.17, 15) is 0 Å². The van der Waals surface area contributed by atoms with Crippen molar-refractivity contribution < 1.29 is 0 Å². The van der Waals surface area contributed by atoms with Crippen LogP contribution in [0.4, 0.5) is 0 Å². The van der Waals surface area contributed by atoms with Gasteiger partial charge in [-0.25, -0.2) is 0 Å². The van der Waals surface area contributed by atoms with Gasteiger partial charge in [-0.1, -0.05) is 12.1 Å². The average molecular weight is 214 g/mol. The highest BCUT2D eigenvalue weighted by Crippen LogP contribution is 2.12. The van der Waals surface area contributed by atoms with Crippen molar-refractivity contribution in [2.24, 2.45) is 4.99 Å². The molecule has 0 saturated heterocycles. The van der Waals surface area contributed by atoms with Gasteiger partial charge >= 0.3 is 0 Å². The van der Waals surface area contributed by atoms with E-state index in [-0.39, 0.29) is 6.04 Å². The third-order valence-electron chi connectivity index (χ3n) is 2.57. The Balaban J connectivity index is 2.03. The largest absolute Gasteiger partial charge is 0.355 e. The Kier molecular flexibility index (Phi) is 3.06. The highest BCUT2D eigenvalue weighted by atomic mass is 15.2. The lowest BCUT2D eigenvalue weighted by Crippen LogP contribution is -2.35. The van der Waals surface area contributed by atoms with Gasteiger partial charge < -0.3 is 10.6 Å². The standard InChI is InChI=1S/C12H14N4/c1-9(16-12-14-6-7-15-12)11-4-2-10(8-13)3-5-11/h2-5,9H,6-7H2,1H3,(H2,14,15,16). The van der Waals surface area contributed by atoms with Crippen molar-refractivity contribution in [3.8, 4) is 6.07 Å². The molecule has 0 bridgehead atoms. The van der Waals surface area contributed by atoms with Crippen LogP contribution in [0, 0.1) is 11.3 Å². The van der Waals surface area contributed by atoms with Gasteiger partial charge in [0.15, 0.2) is 5.96 Å². The van der Waals surface area contributed by atoms with Gasteiger partial charge in [0, 0.05) is 6.54 Å². The Hall–Kier alpha value is -2.02. The van der Waals surface area contributed by atoms with Crippen molar-refractivity contribution in [2.75, 3.05) is 13.1 Å². The van der Waals surface area contributed by atoms with E-state index in [1.165, 1.54) is 0 Å². The molecule has 0 aromatic heterocycles. The van der Waals surface area contributed by atoms with Crippen molar-refractivity contribution >= 4 is 5.96 Å². The number of nitriles is 1. The second-order valence-corrected chi connectivity index (χ2v) is 3.76. The van der Waals surface area contributed by atoms with Crippen LogP contribution in [0.15, 0.2) is 29.3 Å². The van der Waals surface area contributed by atoms with Crippen molar-refractivity contribution in [1.29, 1.82) is 5.26 Å². The maximum absolute atomic E-state index is 8.70. The summed E-state index contributed by atoms with van der Waals surface area (Å²) < 4.78 is 0. The molecule has 4 nitrogen and oxygen atoms in total. The normalized spacial score (nSPS) is 15.9. The van der Waals surface area contributed by atoms with E-state index in [2.05, 4.69) is 28.6 Å². The Bertz CT molecular complexity index is 427. The van der Waals surface area contributed by atoms with E-state index in [0.717, 1.165) is 24.6 Å². The van der Waals surface area contributed by atoms with Crippen molar-refractivity contribution in [2.45, 2.75) is 13.0 Å². The van der Waals surface area contributed by atoms with Crippen LogP contribution in [0.2, 0.25) is 0 Å². The molecule has 0 aliphatic carbocycles. The molecule has 1 unspecified atom stereocenters. The van der Waals surface area contributed by atoms with Gasteiger partial charge in [-0.3, -0.25) is 4.99 Å². The van der Waals surface area contributed by atoms with Crippen LogP contribution >= 0.6 is 0 Å². The molecule has 1 heterocycles. The van der Waals surface area contributed by atoms with Gasteiger partial charge in [-0.05, 0) is 24.6 Å². The van der Waals surface area contributed by atoms with Gasteiger partial charge in [0.2, 0.25) is 0 Å². The summed E-state index contributed by atoms with van der Waals surface area (Å²) in [4.78, 5) is 4.28. The highest BCUT2D eigenvalue weighted by molar-refractivity contribution is 5.81. The first-order valence-corrected chi connectivity index (χ1v) is 5.34. The minimum Gasteiger partial charge on any atom is -0.355 e. The van der Waals surface area contributed by atoms with E-state index >= 15 is 0 Å². The molecule has 1 aliphatic heterocycles. The average Bonchev–Trinajstić information content (AvgIpc) is 2.82. The Morgan fingerprint density at radius 2 is 2.19 bits per heavy atom. The minimum atomic E-state index is 0.192. The number of nitrogens with zero attached hydrogens (tertiary/aromatic N) is 2. The molecule has 0 radical (unpaired) electrons. The minimum absolute atomic E-state index is 0.192. The SMILES string of the molecule is CC(NC1=NCCN1)c1ccc(C#N)cc1. The van der Waals surface area contributed by atoms with Crippen LogP contribution in [0.1, 0.15) is 24.1 Å². The molecule has 0 fully saturated rings. The maximum Gasteiger partial charge on any atom is 0.191 e. The highest BCUT2D eigenvalue weighted by Gasteiger charge is 2.10. The number of hydrogen-bond acceptors (Lipinski definition) is 4. The Morgan fingerprint density at radius 3 is 2.75 bits per heavy atom. The lowest BCUT2D eigenvalue weighted by molar-refractivity contribution is 0.702. The predicted molar refractivity (Wildman–Crippen MR) is 63.0 cm³/mol. The number of nitrogens with one attached hydrogen (secondary N) is 2. The third kappa shape index (κ3) is 2.31. The molecule has 2 rings (SSSR count). The molecular weight excluding hydrogens is 200 g/mol. The van der Waals surface area contributed by atoms with Crippen LogP contribution in [-0.2, 0) is 0 Å². The van der Waals surface area contributed by atoms with E-state index in [1.807, 2.05) is 24.3 Å². The summed E-state index contributed by atoms with van der Waals surface area (Å²) in [6.07, 6.45) is 0. The predicted octanol–water partition coefficient (Wildman–Crippen LogP) is 1.17. The van der Waals surface area contributed by atoms with E-state index < -0.39 is 0 Å². The second-order valence-electron chi connectivity index (χ2n) is 3.76. The van der Waals surface area contributed by atoms with Crippen molar-refractivity contribution in [1.82, 2.24) is 10.6 Å². The van der Waals surface area contributed by atoms with Crippen LogP contribution in [0.25, 0.3) is 0 Å². The maximum atomic E-state index is 8.70. The molecule has 2 N–H and O–H groups in total. The molecule has 0 saturated carbocycles. The Labute approximate surface area is 95.0 Å². The van der Waals surface area contributed by atoms with Gasteiger partial charge in [0.05, 0.1) is 24.2 Å². The molecule has 1 aromatic rings. The number of guanidine groups is 1. The fraction of sp³-hybridized carbons (Fsp3) is 0.333. The summed E-state index contributed by atoms with van der Waals surface area (Å²) in [5.41, 5.74) is 1.84. The van der Waals surface area contributed by atoms with E-state index in [1.54, 1.807) is 0 Å². The van der Waals surface area contributed by atoms with Gasteiger partial charge in [0.25, 0.3) is 0 Å². The summed E-state index contributed by atoms with van der Waals surface area (Å²) in [7, 11) is 0. The van der Waals surface area contributed by atoms with E-state index in [0.29, 0.717) is 5.56 Å². The molecule has 0 amide bonds. The van der Waals surface area contributed by atoms with Gasteiger partial charge in [0.1, 0.15) is 0 Å². The van der Waals surface area contributed by atoms with E-state index in [4.69, 9.17) is 5.26 Å². The zero-order valence-corrected chi connectivity index (χ0v) is 9.20. The van der Waals surface area contributed by atoms with Crippen LogP contribution in [0.3, 0.4) is 0 Å². The summed E-state index contributed by atoms with van der Waals surface area (Å²) in [5, 5.41) is 15.2. The van der Waals surface area contributed by atoms with Gasteiger partial charge in [-0.15, -0.1) is 0 Å². The number of aliphatic imine (C=N–C) groups is 1. The quantitative estimate of drug-likeness (QED) is 0.776. The first-order valence-electron chi connectivity index (χ1n) is 5.34. The number of hydrogen-bond donors (Lipinski definition) is 2. The molecule has 1 aliphatic rings. The fourth-order valence-electron chi connectivity index (χ4n) is 1.63. The number of rotatable bonds is 2. The van der Waals surface area contributed by atoms with Crippen LogP contribution < -0.4 is 10.6 Å². The second kappa shape index (κ2) is 4.67. The van der Waals surface area contributed by atoms with Crippen LogP contribution in [-0.4, -0.2) is 19.0 Å². The molecular formula is C12H14N4. The molecule has 16 heavy (non-hydrogen) atoms. The molecule has 4 heteroatoms. The number of benzene rings is 1. The summed E-state index contributed by atoms with van der Waals surface area (Å²) in [6, 6.07) is 9.89. The zero-order valence-electron chi connectivity index (χ0n) is 9.20. The van der Waals surface area contributed by atoms with Crippen molar-refractivity contribution in [3.05, 3.63) is 35.4 Å². The first-order chi connectivity index (χ1) is 7.79. The monoisotopic (exact) mass is 214 g/mol. The van der Waals surface area contributed by atoms with Crippen molar-refractivity contribution in [3.63, 3.8) is 0 Å². The Morgan fingerprint density at radius 1 is 1.44 bits per heavy atom. The topological polar surface area (TPSA) is 60.2 Å².